The van der Waals surface area contributed by atoms with Gasteiger partial charge < -0.3 is 9.64 Å². The third-order valence-corrected chi connectivity index (χ3v) is 3.59. The number of aromatic nitrogens is 2. The van der Waals surface area contributed by atoms with Crippen molar-refractivity contribution in [1.29, 1.82) is 0 Å². The second-order valence-corrected chi connectivity index (χ2v) is 5.05. The summed E-state index contributed by atoms with van der Waals surface area (Å²) in [6.07, 6.45) is -4.47. The number of morpholine rings is 1. The summed E-state index contributed by atoms with van der Waals surface area (Å²) in [7, 11) is 0. The van der Waals surface area contributed by atoms with Crippen LogP contribution in [0.25, 0.3) is 5.69 Å². The minimum atomic E-state index is -4.70. The average Bonchev–Trinajstić information content (AvgIpc) is 2.96. The van der Waals surface area contributed by atoms with Gasteiger partial charge in [-0.1, -0.05) is 18.2 Å². The largest absolute Gasteiger partial charge is 0.435 e. The molecule has 5 nitrogen and oxygen atoms in total. The predicted octanol–water partition coefficient (Wildman–Crippen LogP) is 2.54. The van der Waals surface area contributed by atoms with E-state index < -0.39 is 17.4 Å². The van der Waals surface area contributed by atoms with Crippen LogP contribution in [-0.4, -0.2) is 42.4 Å². The van der Waals surface area contributed by atoms with Crippen LogP contribution in [0.2, 0.25) is 0 Å². The van der Waals surface area contributed by atoms with Gasteiger partial charge in [-0.3, -0.25) is 4.79 Å². The van der Waals surface area contributed by atoms with Crippen molar-refractivity contribution in [3.05, 3.63) is 41.6 Å². The zero-order chi connectivity index (χ0) is 16.4. The fraction of sp³-hybridized carbons (Fsp3) is 0.333. The first kappa shape index (κ1) is 15.5. The summed E-state index contributed by atoms with van der Waals surface area (Å²) < 4.78 is 46.1. The van der Waals surface area contributed by atoms with Crippen LogP contribution in [0.1, 0.15) is 16.1 Å². The molecule has 0 aliphatic carbocycles. The number of hydrogen-bond acceptors (Lipinski definition) is 4. The molecule has 122 valence electrons. The van der Waals surface area contributed by atoms with E-state index in [2.05, 4.69) is 5.10 Å². The average molecular weight is 325 g/mol. The normalized spacial score (nSPS) is 15.7. The van der Waals surface area contributed by atoms with Gasteiger partial charge in [-0.05, 0) is 12.1 Å². The number of alkyl halides is 3. The van der Waals surface area contributed by atoms with Crippen LogP contribution in [0.3, 0.4) is 0 Å². The highest BCUT2D eigenvalue weighted by Gasteiger charge is 2.40. The number of benzene rings is 1. The van der Waals surface area contributed by atoms with E-state index in [0.717, 1.165) is 0 Å². The summed E-state index contributed by atoms with van der Waals surface area (Å²) >= 11 is 0. The van der Waals surface area contributed by atoms with Gasteiger partial charge in [0.05, 0.1) is 24.5 Å². The highest BCUT2D eigenvalue weighted by atomic mass is 19.4. The molecule has 1 aromatic heterocycles. The second kappa shape index (κ2) is 6.04. The van der Waals surface area contributed by atoms with E-state index in [9.17, 15) is 18.0 Å². The molecular weight excluding hydrogens is 311 g/mol. The Bertz CT molecular complexity index is 692. The first-order chi connectivity index (χ1) is 11.0. The molecule has 0 atom stereocenters. The van der Waals surface area contributed by atoms with E-state index in [1.54, 1.807) is 35.2 Å². The summed E-state index contributed by atoms with van der Waals surface area (Å²) in [6.45, 7) is 1.58. The molecule has 0 amide bonds. The van der Waals surface area contributed by atoms with Crippen LogP contribution in [0.5, 0.6) is 0 Å². The van der Waals surface area contributed by atoms with Crippen molar-refractivity contribution in [2.24, 2.45) is 0 Å². The number of hydrogen-bond donors (Lipinski definition) is 0. The summed E-state index contributed by atoms with van der Waals surface area (Å²) in [5.74, 6) is 0.154. The first-order valence-electron chi connectivity index (χ1n) is 7.06. The first-order valence-corrected chi connectivity index (χ1v) is 7.06. The lowest BCUT2D eigenvalue weighted by molar-refractivity contribution is -0.141. The van der Waals surface area contributed by atoms with Crippen molar-refractivity contribution in [2.75, 3.05) is 31.2 Å². The van der Waals surface area contributed by atoms with E-state index in [1.165, 1.54) is 4.68 Å². The van der Waals surface area contributed by atoms with Crippen molar-refractivity contribution in [3.8, 4) is 5.69 Å². The number of halogens is 3. The Hall–Kier alpha value is -2.35. The molecule has 8 heteroatoms. The molecule has 2 aromatic rings. The topological polar surface area (TPSA) is 47.4 Å². The molecule has 1 aromatic carbocycles. The monoisotopic (exact) mass is 325 g/mol. The summed E-state index contributed by atoms with van der Waals surface area (Å²) in [5, 5.41) is 3.68. The van der Waals surface area contributed by atoms with Gasteiger partial charge in [-0.15, -0.1) is 0 Å². The van der Waals surface area contributed by atoms with Crippen LogP contribution in [-0.2, 0) is 10.9 Å². The van der Waals surface area contributed by atoms with Gasteiger partial charge in [-0.25, -0.2) is 4.68 Å². The van der Waals surface area contributed by atoms with Gasteiger partial charge in [0.1, 0.15) is 5.82 Å². The van der Waals surface area contributed by atoms with Gasteiger partial charge in [0, 0.05) is 13.1 Å². The SMILES string of the molecule is O=Cc1c(C(F)(F)F)nn(-c2ccccc2)c1N1CCOCC1. The van der Waals surface area contributed by atoms with Crippen molar-refractivity contribution in [3.63, 3.8) is 0 Å². The molecule has 1 aliphatic heterocycles. The lowest BCUT2D eigenvalue weighted by Crippen LogP contribution is -2.38. The van der Waals surface area contributed by atoms with Crippen LogP contribution < -0.4 is 4.90 Å². The number of rotatable bonds is 3. The summed E-state index contributed by atoms with van der Waals surface area (Å²) in [5.41, 5.74) is -1.14. The standard InChI is InChI=1S/C15H14F3N3O2/c16-15(17,18)13-12(10-22)14(20-6-8-23-9-7-20)21(19-13)11-4-2-1-3-5-11/h1-5,10H,6-9H2. The Labute approximate surface area is 130 Å². The van der Waals surface area contributed by atoms with Crippen molar-refractivity contribution in [1.82, 2.24) is 9.78 Å². The van der Waals surface area contributed by atoms with Gasteiger partial charge in [0.15, 0.2) is 12.0 Å². The van der Waals surface area contributed by atoms with E-state index >= 15 is 0 Å². The zero-order valence-corrected chi connectivity index (χ0v) is 12.1. The van der Waals surface area contributed by atoms with Crippen LogP contribution in [0.15, 0.2) is 30.3 Å². The van der Waals surface area contributed by atoms with Gasteiger partial charge in [0.2, 0.25) is 0 Å². The van der Waals surface area contributed by atoms with Gasteiger partial charge in [0.25, 0.3) is 0 Å². The molecule has 1 saturated heterocycles. The number of para-hydroxylation sites is 1. The number of ether oxygens (including phenoxy) is 1. The lowest BCUT2D eigenvalue weighted by atomic mass is 10.2. The molecule has 0 N–H and O–H groups in total. The highest BCUT2D eigenvalue weighted by molar-refractivity contribution is 5.86. The third-order valence-electron chi connectivity index (χ3n) is 3.59. The van der Waals surface area contributed by atoms with Crippen molar-refractivity contribution in [2.45, 2.75) is 6.18 Å². The predicted molar refractivity (Wildman–Crippen MR) is 77.0 cm³/mol. The Balaban J connectivity index is 2.20. The smallest absolute Gasteiger partial charge is 0.378 e. The molecule has 1 fully saturated rings. The second-order valence-electron chi connectivity index (χ2n) is 5.05. The minimum Gasteiger partial charge on any atom is -0.378 e. The van der Waals surface area contributed by atoms with E-state index in [0.29, 0.717) is 32.0 Å². The maximum Gasteiger partial charge on any atom is 0.435 e. The summed E-state index contributed by atoms with van der Waals surface area (Å²) in [6, 6.07) is 8.45. The molecule has 0 radical (unpaired) electrons. The molecule has 3 rings (SSSR count). The number of carbonyl (C=O) groups excluding carboxylic acids is 1. The zero-order valence-electron chi connectivity index (χ0n) is 12.1. The van der Waals surface area contributed by atoms with E-state index in [4.69, 9.17) is 4.74 Å². The molecule has 0 spiro atoms. The number of anilines is 1. The molecule has 0 saturated carbocycles. The Morgan fingerprint density at radius 3 is 2.35 bits per heavy atom. The van der Waals surface area contributed by atoms with Gasteiger partial charge in [-0.2, -0.15) is 18.3 Å². The number of carbonyl (C=O) groups is 1. The molecule has 2 heterocycles. The maximum atomic E-state index is 13.2. The fourth-order valence-corrected chi connectivity index (χ4v) is 2.57. The molecule has 1 aliphatic rings. The van der Waals surface area contributed by atoms with E-state index in [1.807, 2.05) is 0 Å². The van der Waals surface area contributed by atoms with Gasteiger partial charge >= 0.3 is 6.18 Å². The quantitative estimate of drug-likeness (QED) is 0.814. The lowest BCUT2D eigenvalue weighted by Gasteiger charge is -2.29. The maximum absolute atomic E-state index is 13.2. The summed E-state index contributed by atoms with van der Waals surface area (Å²) in [4.78, 5) is 13.1. The molecular formula is C15H14F3N3O2. The Morgan fingerprint density at radius 2 is 1.78 bits per heavy atom. The van der Waals surface area contributed by atoms with Crippen molar-refractivity contribution >= 4 is 12.1 Å². The Kier molecular flexibility index (Phi) is 4.08. The third kappa shape index (κ3) is 2.94. The highest BCUT2D eigenvalue weighted by Crippen LogP contribution is 2.36. The fourth-order valence-electron chi connectivity index (χ4n) is 2.57. The number of aldehydes is 1. The molecule has 23 heavy (non-hydrogen) atoms. The van der Waals surface area contributed by atoms with E-state index in [-0.39, 0.29) is 12.1 Å². The van der Waals surface area contributed by atoms with Crippen LogP contribution in [0, 0.1) is 0 Å². The van der Waals surface area contributed by atoms with Crippen molar-refractivity contribution < 1.29 is 22.7 Å². The molecule has 0 unspecified atom stereocenters. The Morgan fingerprint density at radius 1 is 1.13 bits per heavy atom. The van der Waals surface area contributed by atoms with Crippen LogP contribution >= 0.6 is 0 Å². The number of nitrogens with zero attached hydrogens (tertiary/aromatic N) is 3. The van der Waals surface area contributed by atoms with Crippen LogP contribution in [0.4, 0.5) is 19.0 Å². The minimum absolute atomic E-state index is 0.154. The molecule has 0 bridgehead atoms.